The lowest BCUT2D eigenvalue weighted by Gasteiger charge is -2.10. The van der Waals surface area contributed by atoms with Crippen LogP contribution in [0.4, 0.5) is 0 Å². The first-order chi connectivity index (χ1) is 11.8. The van der Waals surface area contributed by atoms with E-state index in [0.717, 1.165) is 16.4 Å². The van der Waals surface area contributed by atoms with Crippen LogP contribution >= 0.6 is 11.8 Å². The smallest absolute Gasteiger partial charge is 0.215 e. The van der Waals surface area contributed by atoms with E-state index in [4.69, 9.17) is 9.47 Å². The number of aromatic nitrogens is 2. The molecule has 1 saturated carbocycles. The normalized spacial score (nSPS) is 13.9. The lowest BCUT2D eigenvalue weighted by atomic mass is 10.2. The maximum absolute atomic E-state index is 6.02. The molecule has 4 rings (SSSR count). The summed E-state index contributed by atoms with van der Waals surface area (Å²) in [5, 5.41) is 1.70. The number of benzene rings is 1. The van der Waals surface area contributed by atoms with Crippen molar-refractivity contribution in [3.63, 3.8) is 0 Å². The number of nitrogens with zero attached hydrogens (tertiary/aromatic N) is 2. The Bertz CT molecular complexity index is 865. The number of rotatable bonds is 6. The standard InChI is InChI=1S/C19H18N2O2S/c1-22-18-8-7-16-17(9-10-20-19(16)21-18)23-12-13-3-2-4-15(11-13)24-14-5-6-14/h2-4,7-11,14H,5-6,12H2,1H3. The topological polar surface area (TPSA) is 44.2 Å². The minimum atomic E-state index is 0.532. The van der Waals surface area contributed by atoms with E-state index in [1.165, 1.54) is 23.3 Å². The molecule has 4 nitrogen and oxygen atoms in total. The number of pyridine rings is 2. The highest BCUT2D eigenvalue weighted by Crippen LogP contribution is 2.39. The summed E-state index contributed by atoms with van der Waals surface area (Å²) in [6.45, 7) is 0.532. The highest BCUT2D eigenvalue weighted by atomic mass is 32.2. The van der Waals surface area contributed by atoms with Crippen molar-refractivity contribution in [2.24, 2.45) is 0 Å². The third kappa shape index (κ3) is 3.46. The summed E-state index contributed by atoms with van der Waals surface area (Å²) in [7, 11) is 1.60. The zero-order valence-corrected chi connectivity index (χ0v) is 14.3. The van der Waals surface area contributed by atoms with Crippen LogP contribution in [0.15, 0.2) is 53.6 Å². The van der Waals surface area contributed by atoms with E-state index in [9.17, 15) is 0 Å². The SMILES string of the molecule is COc1ccc2c(OCc3cccc(SC4CC4)c3)ccnc2n1. The van der Waals surface area contributed by atoms with Crippen LogP contribution in [0.1, 0.15) is 18.4 Å². The van der Waals surface area contributed by atoms with Gasteiger partial charge in [-0.15, -0.1) is 11.8 Å². The van der Waals surface area contributed by atoms with Gasteiger partial charge in [-0.3, -0.25) is 0 Å². The lowest BCUT2D eigenvalue weighted by molar-refractivity contribution is 0.309. The van der Waals surface area contributed by atoms with Crippen LogP contribution in [0, 0.1) is 0 Å². The van der Waals surface area contributed by atoms with Crippen molar-refractivity contribution in [3.05, 3.63) is 54.2 Å². The maximum Gasteiger partial charge on any atom is 0.215 e. The van der Waals surface area contributed by atoms with E-state index < -0.39 is 0 Å². The second-order valence-electron chi connectivity index (χ2n) is 5.79. The fourth-order valence-corrected chi connectivity index (χ4v) is 3.61. The molecule has 0 radical (unpaired) electrons. The highest BCUT2D eigenvalue weighted by molar-refractivity contribution is 8.00. The molecule has 1 fully saturated rings. The molecule has 0 N–H and O–H groups in total. The molecule has 5 heteroatoms. The first-order valence-electron chi connectivity index (χ1n) is 8.00. The number of hydrogen-bond acceptors (Lipinski definition) is 5. The molecule has 3 aromatic rings. The van der Waals surface area contributed by atoms with Crippen molar-refractivity contribution in [2.45, 2.75) is 29.6 Å². The largest absolute Gasteiger partial charge is 0.488 e. The number of thioether (sulfide) groups is 1. The molecule has 0 saturated heterocycles. The van der Waals surface area contributed by atoms with Gasteiger partial charge in [0.25, 0.3) is 0 Å². The summed E-state index contributed by atoms with van der Waals surface area (Å²) in [6, 6.07) is 14.2. The molecule has 2 aromatic heterocycles. The monoisotopic (exact) mass is 338 g/mol. The third-order valence-corrected chi connectivity index (χ3v) is 5.20. The van der Waals surface area contributed by atoms with Crippen LogP contribution in [0.5, 0.6) is 11.6 Å². The predicted octanol–water partition coefficient (Wildman–Crippen LogP) is 4.47. The van der Waals surface area contributed by atoms with E-state index >= 15 is 0 Å². The van der Waals surface area contributed by atoms with Crippen LogP contribution in [-0.2, 0) is 6.61 Å². The molecule has 0 spiro atoms. The lowest BCUT2D eigenvalue weighted by Crippen LogP contribution is -1.98. The van der Waals surface area contributed by atoms with E-state index in [2.05, 4.69) is 34.2 Å². The van der Waals surface area contributed by atoms with Gasteiger partial charge in [0.2, 0.25) is 5.88 Å². The molecule has 2 heterocycles. The summed E-state index contributed by atoms with van der Waals surface area (Å²) < 4.78 is 11.2. The van der Waals surface area contributed by atoms with Gasteiger partial charge in [-0.05, 0) is 42.7 Å². The fourth-order valence-electron chi connectivity index (χ4n) is 2.47. The maximum atomic E-state index is 6.02. The van der Waals surface area contributed by atoms with Crippen LogP contribution in [-0.4, -0.2) is 22.3 Å². The molecule has 1 aliphatic carbocycles. The Balaban J connectivity index is 1.52. The average molecular weight is 338 g/mol. The minimum absolute atomic E-state index is 0.532. The summed E-state index contributed by atoms with van der Waals surface area (Å²) in [5.74, 6) is 1.34. The Labute approximate surface area is 145 Å². The van der Waals surface area contributed by atoms with Crippen molar-refractivity contribution < 1.29 is 9.47 Å². The molecule has 24 heavy (non-hydrogen) atoms. The Morgan fingerprint density at radius 3 is 2.92 bits per heavy atom. The quantitative estimate of drug-likeness (QED) is 0.663. The number of fused-ring (bicyclic) bond motifs is 1. The van der Waals surface area contributed by atoms with Crippen molar-refractivity contribution in [3.8, 4) is 11.6 Å². The number of methoxy groups -OCH3 is 1. The van der Waals surface area contributed by atoms with Crippen LogP contribution in [0.3, 0.4) is 0 Å². The second kappa shape index (κ2) is 6.69. The fraction of sp³-hybridized carbons (Fsp3) is 0.263. The van der Waals surface area contributed by atoms with E-state index in [1.807, 2.05) is 30.0 Å². The molecule has 0 aliphatic heterocycles. The Morgan fingerprint density at radius 1 is 1.17 bits per heavy atom. The average Bonchev–Trinajstić information content (AvgIpc) is 3.43. The van der Waals surface area contributed by atoms with Gasteiger partial charge >= 0.3 is 0 Å². The summed E-state index contributed by atoms with van der Waals surface area (Å²) in [5.41, 5.74) is 1.80. The van der Waals surface area contributed by atoms with Crippen molar-refractivity contribution in [1.82, 2.24) is 9.97 Å². The van der Waals surface area contributed by atoms with E-state index in [-0.39, 0.29) is 0 Å². The van der Waals surface area contributed by atoms with E-state index in [0.29, 0.717) is 18.1 Å². The van der Waals surface area contributed by atoms with Crippen LogP contribution < -0.4 is 9.47 Å². The van der Waals surface area contributed by atoms with Gasteiger partial charge in [0.1, 0.15) is 12.4 Å². The first-order valence-corrected chi connectivity index (χ1v) is 8.88. The third-order valence-electron chi connectivity index (χ3n) is 3.87. The zero-order valence-electron chi connectivity index (χ0n) is 13.4. The van der Waals surface area contributed by atoms with Gasteiger partial charge in [0.05, 0.1) is 12.5 Å². The van der Waals surface area contributed by atoms with Crippen molar-refractivity contribution in [2.75, 3.05) is 7.11 Å². The zero-order chi connectivity index (χ0) is 16.4. The molecule has 122 valence electrons. The Morgan fingerprint density at radius 2 is 2.08 bits per heavy atom. The number of ether oxygens (including phenoxy) is 2. The molecular formula is C19H18N2O2S. The molecule has 1 aliphatic rings. The second-order valence-corrected chi connectivity index (χ2v) is 7.16. The molecule has 0 amide bonds. The van der Waals surface area contributed by atoms with E-state index in [1.54, 1.807) is 13.3 Å². The Kier molecular flexibility index (Phi) is 4.26. The first kappa shape index (κ1) is 15.3. The molecular weight excluding hydrogens is 320 g/mol. The van der Waals surface area contributed by atoms with Gasteiger partial charge < -0.3 is 9.47 Å². The molecule has 1 aromatic carbocycles. The van der Waals surface area contributed by atoms with Gasteiger partial charge in [-0.1, -0.05) is 12.1 Å². The van der Waals surface area contributed by atoms with Gasteiger partial charge in [0.15, 0.2) is 5.65 Å². The van der Waals surface area contributed by atoms with Crippen LogP contribution in [0.2, 0.25) is 0 Å². The minimum Gasteiger partial charge on any atom is -0.488 e. The molecule has 0 atom stereocenters. The molecule has 0 bridgehead atoms. The van der Waals surface area contributed by atoms with Gasteiger partial charge in [-0.2, -0.15) is 4.98 Å². The van der Waals surface area contributed by atoms with Crippen molar-refractivity contribution >= 4 is 22.8 Å². The Hall–Kier alpha value is -2.27. The summed E-state index contributed by atoms with van der Waals surface area (Å²) >= 11 is 1.96. The predicted molar refractivity (Wildman–Crippen MR) is 95.7 cm³/mol. The van der Waals surface area contributed by atoms with Crippen molar-refractivity contribution in [1.29, 1.82) is 0 Å². The number of hydrogen-bond donors (Lipinski definition) is 0. The van der Waals surface area contributed by atoms with Crippen LogP contribution in [0.25, 0.3) is 11.0 Å². The van der Waals surface area contributed by atoms with Gasteiger partial charge in [-0.25, -0.2) is 4.98 Å². The highest BCUT2D eigenvalue weighted by Gasteiger charge is 2.22. The summed E-state index contributed by atoms with van der Waals surface area (Å²) in [4.78, 5) is 9.95. The van der Waals surface area contributed by atoms with Gasteiger partial charge in [0, 0.05) is 22.4 Å². The molecule has 0 unspecified atom stereocenters. The summed E-state index contributed by atoms with van der Waals surface area (Å²) in [6.07, 6.45) is 4.39.